The minimum absolute atomic E-state index is 0.0657. The molecule has 3 aliphatic rings. The van der Waals surface area contributed by atoms with Crippen molar-refractivity contribution >= 4 is 17.8 Å². The third kappa shape index (κ3) is 8.89. The van der Waals surface area contributed by atoms with Crippen LogP contribution in [0.4, 0.5) is 17.6 Å². The highest BCUT2D eigenvalue weighted by atomic mass is 19.4. The molecule has 2 aliphatic heterocycles. The Balaban J connectivity index is 0.000000205. The van der Waals surface area contributed by atoms with Crippen molar-refractivity contribution in [2.45, 2.75) is 89.8 Å². The van der Waals surface area contributed by atoms with E-state index in [1.54, 1.807) is 22.8 Å². The molecule has 1 amide bonds. The molecule has 2 unspecified atom stereocenters. The lowest BCUT2D eigenvalue weighted by Gasteiger charge is -2.47. The first-order chi connectivity index (χ1) is 21.7. The van der Waals surface area contributed by atoms with E-state index < -0.39 is 6.68 Å². The van der Waals surface area contributed by atoms with E-state index in [4.69, 9.17) is 4.74 Å². The number of benzene rings is 1. The maximum absolute atomic E-state index is 13.3. The number of hydrogen-bond acceptors (Lipinski definition) is 7. The molecule has 2 atom stereocenters. The van der Waals surface area contributed by atoms with Crippen molar-refractivity contribution in [3.8, 4) is 11.3 Å². The summed E-state index contributed by atoms with van der Waals surface area (Å²) >= 11 is 0. The van der Waals surface area contributed by atoms with Gasteiger partial charge in [-0.3, -0.25) is 14.5 Å². The molecular weight excluding hydrogens is 606 g/mol. The summed E-state index contributed by atoms with van der Waals surface area (Å²) < 4.78 is 49.8. The molecule has 252 valence electrons. The molecule has 3 aromatic rings. The number of alkyl halides is 3. The second kappa shape index (κ2) is 15.0. The van der Waals surface area contributed by atoms with E-state index in [9.17, 15) is 32.3 Å². The maximum atomic E-state index is 13.3. The van der Waals surface area contributed by atoms with Gasteiger partial charge in [-0.25, -0.2) is 13.9 Å². The van der Waals surface area contributed by atoms with Crippen LogP contribution in [-0.2, 0) is 9.53 Å². The number of aldehydes is 1. The first kappa shape index (κ1) is 35.4. The fourth-order valence-corrected chi connectivity index (χ4v) is 6.27. The smallest absolute Gasteiger partial charge is 0.379 e. The molecule has 0 bridgehead atoms. The van der Waals surface area contributed by atoms with Crippen molar-refractivity contribution < 1.29 is 37.0 Å². The molecule has 1 aliphatic carbocycles. The molecule has 3 fully saturated rings. The van der Waals surface area contributed by atoms with Crippen molar-refractivity contribution in [3.63, 3.8) is 0 Å². The molecule has 46 heavy (non-hydrogen) atoms. The first-order valence-electron chi connectivity index (χ1n) is 15.5. The number of amides is 1. The maximum Gasteiger partial charge on any atom is 0.379 e. The predicted molar refractivity (Wildman–Crippen MR) is 165 cm³/mol. The topological polar surface area (TPSA) is 100 Å². The van der Waals surface area contributed by atoms with E-state index in [1.807, 2.05) is 11.0 Å². The fraction of sp³-hybridized carbons (Fsp3) is 0.576. The number of aromatic nitrogens is 3. The van der Waals surface area contributed by atoms with E-state index in [0.29, 0.717) is 24.2 Å². The number of nitrogens with zero attached hydrogens (tertiary/aromatic N) is 5. The van der Waals surface area contributed by atoms with Crippen molar-refractivity contribution in [2.24, 2.45) is 5.92 Å². The van der Waals surface area contributed by atoms with E-state index in [1.165, 1.54) is 12.1 Å². The Morgan fingerprint density at radius 2 is 1.67 bits per heavy atom. The first-order valence-corrected chi connectivity index (χ1v) is 15.5. The molecule has 0 radical (unpaired) electrons. The number of carbonyl (C=O) groups excluding carboxylic acids is 2. The molecule has 1 N–H and O–H groups in total. The lowest BCUT2D eigenvalue weighted by molar-refractivity contribution is -0.146. The molecule has 4 heterocycles. The highest BCUT2D eigenvalue weighted by molar-refractivity contribution is 5.80. The number of fused-ring (bicyclic) bond motifs is 1. The predicted octanol–water partition coefficient (Wildman–Crippen LogP) is 5.51. The minimum Gasteiger partial charge on any atom is -0.393 e. The molecule has 1 aromatic carbocycles. The number of imidazole rings is 1. The number of ether oxygens (including phenoxy) is 1. The Morgan fingerprint density at radius 3 is 2.22 bits per heavy atom. The van der Waals surface area contributed by atoms with Crippen molar-refractivity contribution in [1.82, 2.24) is 24.4 Å². The normalized spacial score (nSPS) is 26.0. The highest BCUT2D eigenvalue weighted by Crippen LogP contribution is 2.36. The molecular formula is C33H43F4N5O4. The van der Waals surface area contributed by atoms with Crippen LogP contribution in [0.2, 0.25) is 0 Å². The Morgan fingerprint density at radius 1 is 1.07 bits per heavy atom. The summed E-state index contributed by atoms with van der Waals surface area (Å²) in [5.74, 6) is 0.300. The standard InChI is InChI=1S/C20H20FN3O2.C12H22N2O2.CHF3/c1-12-7-15(8-13(2)26-12)18-9-19(14-3-5-16(21)6-4-14)23-24-10-17(11-25)22-20(18)24;1-12(2)8-14(5-4-13(12)3)11(16)9-6-10(15)7-9;2-1(3)4/h3-6,9-13,15H,7-8H2,1-2H3;9-10,15H,4-8H2,1-3H3;1H. The summed E-state index contributed by atoms with van der Waals surface area (Å²) in [6.45, 7) is 7.38. The van der Waals surface area contributed by atoms with E-state index >= 15 is 0 Å². The van der Waals surface area contributed by atoms with Crippen LogP contribution in [-0.4, -0.2) is 98.9 Å². The van der Waals surface area contributed by atoms with Crippen molar-refractivity contribution in [2.75, 3.05) is 26.7 Å². The van der Waals surface area contributed by atoms with Crippen LogP contribution >= 0.6 is 0 Å². The number of hydrogen-bond donors (Lipinski definition) is 1. The molecule has 2 aromatic heterocycles. The van der Waals surface area contributed by atoms with Gasteiger partial charge in [0.25, 0.3) is 0 Å². The van der Waals surface area contributed by atoms with Crippen LogP contribution in [0.5, 0.6) is 0 Å². The Kier molecular flexibility index (Phi) is 11.5. The Labute approximate surface area is 266 Å². The van der Waals surface area contributed by atoms with Gasteiger partial charge in [0, 0.05) is 42.2 Å². The van der Waals surface area contributed by atoms with Crippen LogP contribution in [0.25, 0.3) is 16.9 Å². The minimum atomic E-state index is -3.67. The summed E-state index contributed by atoms with van der Waals surface area (Å²) in [4.78, 5) is 32.0. The Bertz CT molecular complexity index is 1470. The van der Waals surface area contributed by atoms with Crippen molar-refractivity contribution in [1.29, 1.82) is 0 Å². The molecule has 9 nitrogen and oxygen atoms in total. The fourth-order valence-electron chi connectivity index (χ4n) is 6.27. The monoisotopic (exact) mass is 649 g/mol. The summed E-state index contributed by atoms with van der Waals surface area (Å²) in [6, 6.07) is 8.27. The number of aliphatic hydroxyl groups excluding tert-OH is 1. The van der Waals surface area contributed by atoms with E-state index in [2.05, 4.69) is 49.7 Å². The molecule has 2 saturated heterocycles. The summed E-state index contributed by atoms with van der Waals surface area (Å²) in [5, 5.41) is 13.8. The van der Waals surface area contributed by atoms with Gasteiger partial charge >= 0.3 is 6.68 Å². The van der Waals surface area contributed by atoms with Gasteiger partial charge in [0.1, 0.15) is 11.5 Å². The van der Waals surface area contributed by atoms with Crippen molar-refractivity contribution in [3.05, 3.63) is 53.6 Å². The molecule has 0 spiro atoms. The van der Waals surface area contributed by atoms with Crippen LogP contribution < -0.4 is 0 Å². The summed E-state index contributed by atoms with van der Waals surface area (Å²) in [6.07, 6.45) is 5.52. The van der Waals surface area contributed by atoms with Crippen LogP contribution in [0.3, 0.4) is 0 Å². The third-order valence-corrected chi connectivity index (χ3v) is 8.96. The van der Waals surface area contributed by atoms with Gasteiger partial charge < -0.3 is 14.7 Å². The van der Waals surface area contributed by atoms with Gasteiger partial charge in [0.2, 0.25) is 5.91 Å². The number of piperazine rings is 1. The zero-order valence-corrected chi connectivity index (χ0v) is 26.9. The van der Waals surface area contributed by atoms with Gasteiger partial charge in [-0.2, -0.15) is 18.3 Å². The van der Waals surface area contributed by atoms with Gasteiger partial charge in [0.05, 0.1) is 30.2 Å². The van der Waals surface area contributed by atoms with Gasteiger partial charge in [-0.1, -0.05) is 0 Å². The number of rotatable bonds is 4. The lowest BCUT2D eigenvalue weighted by atomic mass is 9.81. The highest BCUT2D eigenvalue weighted by Gasteiger charge is 2.40. The zero-order valence-electron chi connectivity index (χ0n) is 26.9. The number of aliphatic hydroxyl groups is 1. The number of likely N-dealkylation sites (N-methyl/N-ethyl adjacent to an activating group) is 1. The van der Waals surface area contributed by atoms with Crippen LogP contribution in [0.1, 0.15) is 75.3 Å². The molecule has 6 rings (SSSR count). The Hall–Kier alpha value is -3.42. The van der Waals surface area contributed by atoms with Gasteiger partial charge in [-0.05, 0) is 96.7 Å². The second-order valence-electron chi connectivity index (χ2n) is 13.0. The summed E-state index contributed by atoms with van der Waals surface area (Å²) in [7, 11) is 2.11. The SMILES string of the molecule is CC1CC(c2cc(-c3ccc(F)cc3)nn3cc(C=O)nc23)CC(C)O1.CN1CCN(C(=O)C2CC(O)C2)CC1(C)C.FC(F)F. The van der Waals surface area contributed by atoms with Crippen LogP contribution in [0.15, 0.2) is 36.5 Å². The van der Waals surface area contributed by atoms with Crippen LogP contribution in [0, 0.1) is 11.7 Å². The molecule has 1 saturated carbocycles. The number of carbonyl (C=O) groups is 2. The summed E-state index contributed by atoms with van der Waals surface area (Å²) in [5.41, 5.74) is 3.72. The van der Waals surface area contributed by atoms with Gasteiger partial charge in [0.15, 0.2) is 11.9 Å². The second-order valence-corrected chi connectivity index (χ2v) is 13.0. The average molecular weight is 650 g/mol. The molecule has 13 heteroatoms. The van der Waals surface area contributed by atoms with Gasteiger partial charge in [-0.15, -0.1) is 0 Å². The van der Waals surface area contributed by atoms with E-state index in [0.717, 1.165) is 55.6 Å². The van der Waals surface area contributed by atoms with E-state index in [-0.39, 0.29) is 47.4 Å². The zero-order chi connectivity index (χ0) is 33.8. The third-order valence-electron chi connectivity index (χ3n) is 8.96. The number of halogens is 4. The largest absolute Gasteiger partial charge is 0.393 e. The quantitative estimate of drug-likeness (QED) is 0.294. The lowest BCUT2D eigenvalue weighted by Crippen LogP contribution is -2.60. The average Bonchev–Trinajstić information content (AvgIpc) is 3.39.